The van der Waals surface area contributed by atoms with Crippen molar-refractivity contribution in [3.8, 4) is 0 Å². The molecular formula is C16H38. The Kier molecular flexibility index (Phi) is 115. The summed E-state index contributed by atoms with van der Waals surface area (Å²) in [7, 11) is 0. The van der Waals surface area contributed by atoms with Gasteiger partial charge in [0, 0.05) is 0 Å². The first kappa shape index (κ1) is 29.6. The highest BCUT2D eigenvalue weighted by molar-refractivity contribution is 4.91. The predicted octanol–water partition coefficient (Wildman–Crippen LogP) is 7.01. The average molecular weight is 230 g/mol. The van der Waals surface area contributed by atoms with Crippen molar-refractivity contribution in [3.63, 3.8) is 0 Å². The third kappa shape index (κ3) is 171. The third-order valence-corrected chi connectivity index (χ3v) is 0.832. The van der Waals surface area contributed by atoms with Crippen LogP contribution in [0.15, 0.2) is 17.9 Å². The molecule has 0 unspecified atom stereocenters. The summed E-state index contributed by atoms with van der Waals surface area (Å²) in [5.41, 5.74) is 4.01. The van der Waals surface area contributed by atoms with Gasteiger partial charge in [-0.2, -0.15) is 0 Å². The molecule has 0 aromatic rings. The topological polar surface area (TPSA) is 0 Å². The van der Waals surface area contributed by atoms with Gasteiger partial charge in [-0.25, -0.2) is 0 Å². The molecule has 102 valence electrons. The van der Waals surface area contributed by atoms with Gasteiger partial charge in [0.05, 0.1) is 0 Å². The summed E-state index contributed by atoms with van der Waals surface area (Å²) < 4.78 is 0. The Balaban J connectivity index is -0.0000000349. The minimum Gasteiger partial charge on any atom is -0.130 e. The summed E-state index contributed by atoms with van der Waals surface area (Å²) in [5.74, 6) is 0. The van der Waals surface area contributed by atoms with Crippen LogP contribution in [0.25, 0.3) is 0 Å². The second kappa shape index (κ2) is 62.4. The van der Waals surface area contributed by atoms with Gasteiger partial charge in [0.25, 0.3) is 0 Å². The van der Waals surface area contributed by atoms with E-state index in [0.29, 0.717) is 0 Å². The maximum atomic E-state index is 3.47. The summed E-state index contributed by atoms with van der Waals surface area (Å²) in [6.45, 7) is 24.1. The number of rotatable bonds is 1. The first-order chi connectivity index (χ1) is 7.64. The monoisotopic (exact) mass is 230 g/mol. The van der Waals surface area contributed by atoms with Gasteiger partial charge < -0.3 is 0 Å². The number of hydrogen-bond donors (Lipinski definition) is 0. The van der Waals surface area contributed by atoms with Crippen molar-refractivity contribution in [2.45, 2.75) is 88.5 Å². The standard InChI is InChI=1S/C6H10.2C3H8.2C2H6/c1-4-6(3)5-2;2*1-3-2;2*1-2/h1,5H2,2-3H3;2*3H2,1-2H3;2*1-2H3. The molecule has 0 bridgehead atoms. The van der Waals surface area contributed by atoms with Crippen LogP contribution in [0.3, 0.4) is 0 Å². The van der Waals surface area contributed by atoms with E-state index in [1.807, 2.05) is 34.6 Å². The zero-order chi connectivity index (χ0) is 14.4. The molecule has 0 nitrogen and oxygen atoms in total. The van der Waals surface area contributed by atoms with Crippen LogP contribution in [-0.4, -0.2) is 0 Å². The van der Waals surface area contributed by atoms with Gasteiger partial charge in [-0.3, -0.25) is 0 Å². The average Bonchev–Trinajstić information content (AvgIpc) is 2.35. The maximum Gasteiger partial charge on any atom is -0.0275 e. The second-order valence-electron chi connectivity index (χ2n) is 2.72. The van der Waals surface area contributed by atoms with E-state index in [1.165, 1.54) is 18.4 Å². The van der Waals surface area contributed by atoms with Crippen LogP contribution in [-0.2, 0) is 0 Å². The molecular weight excluding hydrogens is 192 g/mol. The molecule has 0 spiro atoms. The van der Waals surface area contributed by atoms with Crippen molar-refractivity contribution >= 4 is 0 Å². The van der Waals surface area contributed by atoms with Crippen molar-refractivity contribution in [2.75, 3.05) is 0 Å². The Morgan fingerprint density at radius 3 is 1.00 bits per heavy atom. The van der Waals surface area contributed by atoms with E-state index in [1.54, 1.807) is 0 Å². The lowest BCUT2D eigenvalue weighted by atomic mass is 10.3. The van der Waals surface area contributed by atoms with Crippen LogP contribution in [0, 0.1) is 0 Å². The first-order valence-corrected chi connectivity index (χ1v) is 6.99. The second-order valence-corrected chi connectivity index (χ2v) is 2.72. The molecule has 0 aliphatic carbocycles. The zero-order valence-corrected chi connectivity index (χ0v) is 13.8. The van der Waals surface area contributed by atoms with Gasteiger partial charge in [-0.05, 0) is 18.9 Å². The fraction of sp³-hybridized carbons (Fsp3) is 0.812. The molecule has 0 radical (unpaired) electrons. The number of hydrogen-bond acceptors (Lipinski definition) is 0. The minimum absolute atomic E-state index is 1.07. The quantitative estimate of drug-likeness (QED) is 0.425. The van der Waals surface area contributed by atoms with E-state index in [9.17, 15) is 0 Å². The third-order valence-electron chi connectivity index (χ3n) is 0.832. The van der Waals surface area contributed by atoms with Gasteiger partial charge in [0.15, 0.2) is 0 Å². The van der Waals surface area contributed by atoms with Gasteiger partial charge >= 0.3 is 0 Å². The van der Waals surface area contributed by atoms with Crippen LogP contribution >= 0.6 is 0 Å². The maximum absolute atomic E-state index is 3.47. The van der Waals surface area contributed by atoms with E-state index in [-0.39, 0.29) is 0 Å². The molecule has 0 amide bonds. The van der Waals surface area contributed by atoms with Gasteiger partial charge in [0.1, 0.15) is 0 Å². The van der Waals surface area contributed by atoms with Crippen molar-refractivity contribution in [3.05, 3.63) is 17.9 Å². The lowest BCUT2D eigenvalue weighted by Gasteiger charge is -1.80. The Hall–Kier alpha value is -0.480. The molecule has 0 atom stereocenters. The highest BCUT2D eigenvalue weighted by Gasteiger charge is 1.71. The van der Waals surface area contributed by atoms with Gasteiger partial charge in [0.2, 0.25) is 0 Å². The summed E-state index contributed by atoms with van der Waals surface area (Å²) in [5, 5.41) is 0. The lowest BCUT2D eigenvalue weighted by Crippen LogP contribution is -1.60. The molecule has 0 rings (SSSR count). The first-order valence-electron chi connectivity index (χ1n) is 6.99. The zero-order valence-electron chi connectivity index (χ0n) is 13.8. The molecule has 0 heteroatoms. The Morgan fingerprint density at radius 2 is 1.00 bits per heavy atom. The van der Waals surface area contributed by atoms with Crippen molar-refractivity contribution in [1.82, 2.24) is 0 Å². The fourth-order valence-electron chi connectivity index (χ4n) is 0.125. The minimum atomic E-state index is 1.07. The summed E-state index contributed by atoms with van der Waals surface area (Å²) in [4.78, 5) is 0. The molecule has 16 heavy (non-hydrogen) atoms. The molecule has 0 aromatic carbocycles. The SMILES string of the molecule is C=C=C(C)CC.CC.CC.CCC.CCC. The molecule has 0 N–H and O–H groups in total. The van der Waals surface area contributed by atoms with Crippen LogP contribution < -0.4 is 0 Å². The van der Waals surface area contributed by atoms with E-state index in [4.69, 9.17) is 0 Å². The van der Waals surface area contributed by atoms with Crippen LogP contribution in [0.2, 0.25) is 0 Å². The Labute approximate surface area is 107 Å². The summed E-state index contributed by atoms with van der Waals surface area (Å²) in [6.07, 6.45) is 3.57. The van der Waals surface area contributed by atoms with Crippen molar-refractivity contribution in [2.24, 2.45) is 0 Å². The fourth-order valence-corrected chi connectivity index (χ4v) is 0.125. The molecule has 0 aliphatic rings. The summed E-state index contributed by atoms with van der Waals surface area (Å²) in [6, 6.07) is 0. The van der Waals surface area contributed by atoms with E-state index in [0.717, 1.165) is 6.42 Å². The van der Waals surface area contributed by atoms with Crippen molar-refractivity contribution < 1.29 is 0 Å². The van der Waals surface area contributed by atoms with Crippen LogP contribution in [0.5, 0.6) is 0 Å². The van der Waals surface area contributed by atoms with Gasteiger partial charge in [-0.1, -0.05) is 81.7 Å². The van der Waals surface area contributed by atoms with Crippen LogP contribution in [0.1, 0.15) is 88.5 Å². The predicted molar refractivity (Wildman–Crippen MR) is 83.2 cm³/mol. The van der Waals surface area contributed by atoms with Crippen LogP contribution in [0.4, 0.5) is 0 Å². The molecule has 0 aromatic heterocycles. The summed E-state index contributed by atoms with van der Waals surface area (Å²) >= 11 is 0. The van der Waals surface area contributed by atoms with E-state index < -0.39 is 0 Å². The van der Waals surface area contributed by atoms with E-state index >= 15 is 0 Å². The molecule has 0 fully saturated rings. The largest absolute Gasteiger partial charge is 0.130 e. The Morgan fingerprint density at radius 1 is 0.812 bits per heavy atom. The van der Waals surface area contributed by atoms with E-state index in [2.05, 4.69) is 46.9 Å². The molecule has 0 saturated heterocycles. The lowest BCUT2D eigenvalue weighted by molar-refractivity contribution is 1.09. The molecule has 0 heterocycles. The molecule has 0 aliphatic heterocycles. The van der Waals surface area contributed by atoms with Crippen molar-refractivity contribution in [1.29, 1.82) is 0 Å². The normalized spacial score (nSPS) is 5.62. The highest BCUT2D eigenvalue weighted by atomic mass is 13.8. The Bertz CT molecular complexity index is 92.6. The smallest absolute Gasteiger partial charge is 0.0275 e. The number of allylic oxidation sites excluding steroid dienone is 1. The van der Waals surface area contributed by atoms with Gasteiger partial charge in [-0.15, -0.1) is 5.73 Å². The highest BCUT2D eigenvalue weighted by Crippen LogP contribution is 1.91. The molecule has 0 saturated carbocycles.